The molecule has 10 atom stereocenters. The Bertz CT molecular complexity index is 2100. The highest BCUT2D eigenvalue weighted by Crippen LogP contribution is 2.64. The number of hydrogen-bond acceptors (Lipinski definition) is 10. The Morgan fingerprint density at radius 2 is 1.67 bits per heavy atom. The number of carbonyl (C=O) groups is 3. The van der Waals surface area contributed by atoms with Crippen LogP contribution in [0.25, 0.3) is 6.08 Å². The molecular formula is C48H59N3O9. The van der Waals surface area contributed by atoms with Gasteiger partial charge in [-0.05, 0) is 111 Å². The molecule has 0 spiro atoms. The number of hydrogen-bond donors (Lipinski definition) is 3. The second-order valence-electron chi connectivity index (χ2n) is 20.4. The van der Waals surface area contributed by atoms with Gasteiger partial charge in [-0.25, -0.2) is 0 Å². The Hall–Kier alpha value is -3.65. The predicted octanol–water partition coefficient (Wildman–Crippen LogP) is 5.60. The molecule has 0 radical (unpaired) electrons. The van der Waals surface area contributed by atoms with Gasteiger partial charge in [0.15, 0.2) is 11.8 Å². The average Bonchev–Trinajstić information content (AvgIpc) is 4.18. The van der Waals surface area contributed by atoms with E-state index in [4.69, 9.17) is 23.8 Å². The van der Waals surface area contributed by atoms with Gasteiger partial charge >= 0.3 is 5.97 Å². The smallest absolute Gasteiger partial charge is 0.327 e. The number of ether oxygens (including phenoxy) is 4. The van der Waals surface area contributed by atoms with Crippen LogP contribution < -0.4 is 10.6 Å². The second-order valence-corrected chi connectivity index (χ2v) is 20.4. The minimum absolute atomic E-state index is 0.0319. The molecule has 5 aliphatic carbocycles. The molecule has 2 aromatic rings. The number of carbonyl (C=O) groups excluding carboxylic acids is 3. The highest BCUT2D eigenvalue weighted by molar-refractivity contribution is 5.95. The van der Waals surface area contributed by atoms with Gasteiger partial charge in [-0.1, -0.05) is 61.9 Å². The molecule has 9 aliphatic rings. The van der Waals surface area contributed by atoms with Crippen molar-refractivity contribution in [1.29, 1.82) is 0 Å². The zero-order valence-electron chi connectivity index (χ0n) is 35.0. The number of epoxide rings is 1. The number of rotatable bonds is 11. The molecular weight excluding hydrogens is 763 g/mol. The minimum atomic E-state index is -1.30. The molecule has 3 N–H and O–H groups in total. The number of allylic oxidation sites excluding steroid dienone is 1. The highest BCUT2D eigenvalue weighted by atomic mass is 16.8. The lowest BCUT2D eigenvalue weighted by atomic mass is 9.52. The van der Waals surface area contributed by atoms with Crippen molar-refractivity contribution in [1.82, 2.24) is 15.7 Å². The Balaban J connectivity index is 0.888. The van der Waals surface area contributed by atoms with Crippen LogP contribution in [-0.2, 0) is 46.5 Å². The molecule has 12 nitrogen and oxygen atoms in total. The van der Waals surface area contributed by atoms with Gasteiger partial charge in [-0.15, -0.1) is 0 Å². The number of hydroxylamine groups is 2. The molecule has 320 valence electrons. The number of benzene rings is 2. The topological polar surface area (TPSA) is 148 Å². The van der Waals surface area contributed by atoms with Crippen LogP contribution in [0.5, 0.6) is 0 Å². The first kappa shape index (κ1) is 39.2. The van der Waals surface area contributed by atoms with E-state index in [1.165, 1.54) is 18.4 Å². The monoisotopic (exact) mass is 821 g/mol. The Kier molecular flexibility index (Phi) is 9.27. The minimum Gasteiger partial charge on any atom is -0.458 e. The van der Waals surface area contributed by atoms with Crippen molar-refractivity contribution < 1.29 is 43.3 Å². The van der Waals surface area contributed by atoms with Gasteiger partial charge in [0.05, 0.1) is 24.9 Å². The van der Waals surface area contributed by atoms with Crippen molar-refractivity contribution in [2.45, 2.75) is 146 Å². The number of nitrogens with one attached hydrogen (secondary N) is 2. The van der Waals surface area contributed by atoms with E-state index in [0.717, 1.165) is 61.6 Å². The van der Waals surface area contributed by atoms with Gasteiger partial charge in [0.1, 0.15) is 29.8 Å². The zero-order chi connectivity index (χ0) is 41.2. The quantitative estimate of drug-likeness (QED) is 0.193. The maximum Gasteiger partial charge on any atom is 0.327 e. The summed E-state index contributed by atoms with van der Waals surface area (Å²) in [6, 6.07) is 14.5. The van der Waals surface area contributed by atoms with E-state index in [-0.39, 0.29) is 61.9 Å². The summed E-state index contributed by atoms with van der Waals surface area (Å²) in [4.78, 5) is 49.0. The summed E-state index contributed by atoms with van der Waals surface area (Å²) >= 11 is 0. The third-order valence-electron chi connectivity index (χ3n) is 16.0. The molecule has 4 saturated heterocycles. The zero-order valence-corrected chi connectivity index (χ0v) is 35.0. The number of esters is 1. The van der Waals surface area contributed by atoms with Crippen molar-refractivity contribution in [3.05, 3.63) is 76.4 Å². The summed E-state index contributed by atoms with van der Waals surface area (Å²) in [7, 11) is 0. The van der Waals surface area contributed by atoms with Crippen LogP contribution in [0.3, 0.4) is 0 Å². The molecule has 2 bridgehead atoms. The Morgan fingerprint density at radius 1 is 0.900 bits per heavy atom. The van der Waals surface area contributed by atoms with E-state index in [2.05, 4.69) is 61.7 Å². The lowest BCUT2D eigenvalue weighted by molar-refractivity contribution is -0.235. The summed E-state index contributed by atoms with van der Waals surface area (Å²) in [5, 5.41) is 16.7. The van der Waals surface area contributed by atoms with Crippen LogP contribution >= 0.6 is 0 Å². The van der Waals surface area contributed by atoms with E-state index in [1.54, 1.807) is 23.3 Å². The van der Waals surface area contributed by atoms with Gasteiger partial charge in [-0.2, -0.15) is 5.06 Å². The molecule has 5 saturated carbocycles. The predicted molar refractivity (Wildman–Crippen MR) is 218 cm³/mol. The number of nitrogens with zero attached hydrogens (tertiary/aromatic N) is 1. The number of aliphatic hydroxyl groups excluding tert-OH is 1. The largest absolute Gasteiger partial charge is 0.458 e. The van der Waals surface area contributed by atoms with E-state index in [9.17, 15) is 19.5 Å². The molecule has 0 aromatic heterocycles. The fourth-order valence-corrected chi connectivity index (χ4v) is 12.5. The number of amides is 2. The molecule has 9 fully saturated rings. The maximum absolute atomic E-state index is 15.0. The van der Waals surface area contributed by atoms with Crippen LogP contribution in [0.4, 0.5) is 0 Å². The third kappa shape index (κ3) is 6.41. The summed E-state index contributed by atoms with van der Waals surface area (Å²) in [6.45, 7) is 7.52. The fourth-order valence-electron chi connectivity index (χ4n) is 12.5. The number of fused-ring (bicyclic) bond motifs is 6. The van der Waals surface area contributed by atoms with Crippen molar-refractivity contribution in [3.8, 4) is 0 Å². The lowest BCUT2D eigenvalue weighted by Crippen LogP contribution is -2.69. The normalized spacial score (nSPS) is 38.9. The van der Waals surface area contributed by atoms with Crippen LogP contribution in [-0.4, -0.2) is 89.1 Å². The molecule has 2 amide bonds. The van der Waals surface area contributed by atoms with Crippen molar-refractivity contribution >= 4 is 23.9 Å². The first-order chi connectivity index (χ1) is 28.9. The van der Waals surface area contributed by atoms with Gasteiger partial charge in [0, 0.05) is 36.9 Å². The summed E-state index contributed by atoms with van der Waals surface area (Å²) < 4.78 is 26.5. The molecule has 4 aliphatic heterocycles. The van der Waals surface area contributed by atoms with E-state index >= 15 is 0 Å². The highest BCUT2D eigenvalue weighted by Gasteiger charge is 2.78. The van der Waals surface area contributed by atoms with Gasteiger partial charge in [-0.3, -0.25) is 19.2 Å². The second kappa shape index (κ2) is 14.2. The summed E-state index contributed by atoms with van der Waals surface area (Å²) in [5.74, 6) is -0.0520. The van der Waals surface area contributed by atoms with Gasteiger partial charge < -0.3 is 34.7 Å². The summed E-state index contributed by atoms with van der Waals surface area (Å²) in [5.41, 5.74) is 3.82. The van der Waals surface area contributed by atoms with Gasteiger partial charge in [0.25, 0.3) is 5.91 Å². The van der Waals surface area contributed by atoms with Crippen LogP contribution in [0.1, 0.15) is 112 Å². The lowest BCUT2D eigenvalue weighted by Gasteiger charge is -2.53. The first-order valence-electron chi connectivity index (χ1n) is 22.6. The van der Waals surface area contributed by atoms with E-state index in [1.807, 2.05) is 6.07 Å². The SMILES string of the molecule is CC1(C)C[C@@H]2C(=Cc3cccc(CN4O[C@@H]5[C@H]6OC(C7CC7)(C7CC7)O[C@H]6[C@H]6C[C@]5(C(=O)NCc5cccc(C(=O)NCCO)c5)[C@@H]4C(=O)O6)c3)CCC3O[C@]3(C)CC[C@H]21. The Labute approximate surface area is 352 Å². The van der Waals surface area contributed by atoms with Crippen LogP contribution in [0, 0.1) is 34.5 Å². The molecule has 4 heterocycles. The molecule has 11 rings (SSSR count). The molecule has 60 heavy (non-hydrogen) atoms. The van der Waals surface area contributed by atoms with E-state index < -0.39 is 47.6 Å². The fraction of sp³-hybridized carbons (Fsp3) is 0.646. The van der Waals surface area contributed by atoms with Crippen molar-refractivity contribution in [3.63, 3.8) is 0 Å². The maximum atomic E-state index is 15.0. The molecule has 1 unspecified atom stereocenters. The van der Waals surface area contributed by atoms with E-state index in [0.29, 0.717) is 28.9 Å². The molecule has 12 heteroatoms. The number of aliphatic hydroxyl groups is 1. The van der Waals surface area contributed by atoms with Crippen molar-refractivity contribution in [2.24, 2.45) is 34.5 Å². The van der Waals surface area contributed by atoms with Gasteiger partial charge in [0.2, 0.25) is 5.91 Å². The Morgan fingerprint density at radius 3 is 2.43 bits per heavy atom. The average molecular weight is 822 g/mol. The van der Waals surface area contributed by atoms with Crippen LogP contribution in [0.15, 0.2) is 54.1 Å². The van der Waals surface area contributed by atoms with Crippen molar-refractivity contribution in [2.75, 3.05) is 13.2 Å². The van der Waals surface area contributed by atoms with Crippen LogP contribution in [0.2, 0.25) is 0 Å². The third-order valence-corrected chi connectivity index (χ3v) is 16.0. The first-order valence-corrected chi connectivity index (χ1v) is 22.6. The summed E-state index contributed by atoms with van der Waals surface area (Å²) in [6.07, 6.45) is 10.2. The standard InChI is InChI=1S/C48H59N3O9/c1-45(2)23-34-30(10-15-37-46(3,57-37)17-16-35(34)45)21-27-6-4-8-29(20-27)26-51-40-43(54)56-36-24-47(40,44(55)50-25-28-7-5-9-31(22-28)42(53)49-18-19-52)41(60-51)39-38(36)58-48(59-39,32-11-12-32)33-13-14-33/h4-9,20-22,32-41,52H,10-19,23-26H2,1-3H3,(H,49,53)(H,50,55)/t34-,35-,36-,37?,38+,39+,40+,41-,46-,47+/m1/s1. The molecule has 2 aromatic carbocycles.